The average molecular weight is 409 g/mol. The number of hydrogen-bond donors (Lipinski definition) is 2. The number of ether oxygens (including phenoxy) is 1. The fourth-order valence-electron chi connectivity index (χ4n) is 3.10. The van der Waals surface area contributed by atoms with Gasteiger partial charge in [-0.05, 0) is 19.4 Å². The Hall–Kier alpha value is -2.13. The van der Waals surface area contributed by atoms with Crippen LogP contribution in [0.15, 0.2) is 9.52 Å². The molecule has 9 heteroatoms. The van der Waals surface area contributed by atoms with Crippen molar-refractivity contribution in [3.63, 3.8) is 0 Å². The van der Waals surface area contributed by atoms with E-state index in [0.717, 1.165) is 75.7 Å². The molecule has 9 nitrogen and oxygen atoms in total. The zero-order valence-electron chi connectivity index (χ0n) is 18.3. The van der Waals surface area contributed by atoms with Gasteiger partial charge >= 0.3 is 0 Å². The molecule has 1 aromatic rings. The number of nitrogens with one attached hydrogen (secondary N) is 2. The van der Waals surface area contributed by atoms with Gasteiger partial charge in [-0.25, -0.2) is 4.99 Å². The van der Waals surface area contributed by atoms with E-state index in [0.29, 0.717) is 12.5 Å². The third kappa shape index (κ3) is 7.66. The van der Waals surface area contributed by atoms with Crippen molar-refractivity contribution in [2.24, 2.45) is 4.99 Å². The Bertz CT molecular complexity index is 631. The lowest BCUT2D eigenvalue weighted by Gasteiger charge is -2.26. The minimum Gasteiger partial charge on any atom is -0.379 e. The molecule has 0 saturated carbocycles. The Morgan fingerprint density at radius 3 is 2.62 bits per heavy atom. The van der Waals surface area contributed by atoms with Gasteiger partial charge in [-0.15, -0.1) is 0 Å². The molecule has 0 atom stereocenters. The van der Waals surface area contributed by atoms with E-state index in [1.54, 1.807) is 19.0 Å². The van der Waals surface area contributed by atoms with Crippen molar-refractivity contribution >= 4 is 11.9 Å². The minimum absolute atomic E-state index is 0.00119. The maximum absolute atomic E-state index is 12.0. The molecule has 0 radical (unpaired) electrons. The molecule has 0 unspecified atom stereocenters. The average Bonchev–Trinajstić information content (AvgIpc) is 3.14. The van der Waals surface area contributed by atoms with Crippen molar-refractivity contribution in [3.8, 4) is 0 Å². The Kier molecular flexibility index (Phi) is 9.93. The Balaban J connectivity index is 1.93. The van der Waals surface area contributed by atoms with E-state index in [2.05, 4.69) is 32.6 Å². The third-order valence-electron chi connectivity index (χ3n) is 4.96. The van der Waals surface area contributed by atoms with Crippen molar-refractivity contribution in [2.45, 2.75) is 39.7 Å². The van der Waals surface area contributed by atoms with Crippen molar-refractivity contribution in [1.29, 1.82) is 0 Å². The standard InChI is InChI=1S/C20H36N6O3/c1-5-17-16(18(6-2)29-24-17)14-22-20(23-15-19(27)25(3)4)21-8-7-9-26-10-12-28-13-11-26/h5-15H2,1-4H3,(H2,21,22,23). The molecule has 1 saturated heterocycles. The number of carbonyl (C=O) groups is 1. The van der Waals surface area contributed by atoms with Gasteiger partial charge in [0.25, 0.3) is 0 Å². The summed E-state index contributed by atoms with van der Waals surface area (Å²) in [7, 11) is 3.49. The lowest BCUT2D eigenvalue weighted by molar-refractivity contribution is -0.127. The van der Waals surface area contributed by atoms with Gasteiger partial charge in [-0.1, -0.05) is 19.0 Å². The molecule has 164 valence electrons. The molecule has 0 aliphatic carbocycles. The molecule has 1 aromatic heterocycles. The maximum atomic E-state index is 12.0. The Morgan fingerprint density at radius 1 is 1.21 bits per heavy atom. The number of amides is 1. The normalized spacial score (nSPS) is 15.4. The van der Waals surface area contributed by atoms with E-state index in [4.69, 9.17) is 9.26 Å². The summed E-state index contributed by atoms with van der Waals surface area (Å²) in [6.07, 6.45) is 2.59. The molecular formula is C20H36N6O3. The van der Waals surface area contributed by atoms with Gasteiger partial charge in [0.2, 0.25) is 5.91 Å². The van der Waals surface area contributed by atoms with Gasteiger partial charge in [0.1, 0.15) is 5.76 Å². The first-order chi connectivity index (χ1) is 14.0. The number of rotatable bonds is 10. The number of likely N-dealkylation sites (N-methyl/N-ethyl adjacent to an activating group) is 1. The van der Waals surface area contributed by atoms with Crippen LogP contribution < -0.4 is 10.6 Å². The van der Waals surface area contributed by atoms with E-state index >= 15 is 0 Å². The summed E-state index contributed by atoms with van der Waals surface area (Å²) < 4.78 is 10.8. The van der Waals surface area contributed by atoms with Crippen molar-refractivity contribution in [3.05, 3.63) is 17.0 Å². The van der Waals surface area contributed by atoms with E-state index in [-0.39, 0.29) is 12.5 Å². The van der Waals surface area contributed by atoms with Gasteiger partial charge in [0.05, 0.1) is 32.0 Å². The first-order valence-electron chi connectivity index (χ1n) is 10.5. The van der Waals surface area contributed by atoms with Crippen LogP contribution in [0.2, 0.25) is 0 Å². The number of guanidine groups is 1. The van der Waals surface area contributed by atoms with E-state index < -0.39 is 0 Å². The van der Waals surface area contributed by atoms with Crippen molar-refractivity contribution in [1.82, 2.24) is 25.6 Å². The van der Waals surface area contributed by atoms with Crippen LogP contribution in [0.4, 0.5) is 0 Å². The van der Waals surface area contributed by atoms with Crippen LogP contribution in [0.1, 0.15) is 37.3 Å². The van der Waals surface area contributed by atoms with Crippen molar-refractivity contribution in [2.75, 3.05) is 60.0 Å². The van der Waals surface area contributed by atoms with Gasteiger partial charge in [-0.2, -0.15) is 0 Å². The first-order valence-corrected chi connectivity index (χ1v) is 10.5. The maximum Gasteiger partial charge on any atom is 0.241 e. The second-order valence-corrected chi connectivity index (χ2v) is 7.28. The summed E-state index contributed by atoms with van der Waals surface area (Å²) in [6.45, 7) is 10.2. The lowest BCUT2D eigenvalue weighted by Crippen LogP contribution is -2.44. The summed E-state index contributed by atoms with van der Waals surface area (Å²) in [5.41, 5.74) is 1.99. The quantitative estimate of drug-likeness (QED) is 0.333. The molecule has 2 heterocycles. The second kappa shape index (κ2) is 12.4. The molecule has 2 rings (SSSR count). The van der Waals surface area contributed by atoms with Crippen LogP contribution in [0, 0.1) is 0 Å². The molecule has 1 aliphatic heterocycles. The van der Waals surface area contributed by atoms with Crippen LogP contribution in [0.3, 0.4) is 0 Å². The molecule has 29 heavy (non-hydrogen) atoms. The van der Waals surface area contributed by atoms with E-state index in [1.807, 2.05) is 6.92 Å². The zero-order valence-corrected chi connectivity index (χ0v) is 18.3. The highest BCUT2D eigenvalue weighted by Gasteiger charge is 2.14. The van der Waals surface area contributed by atoms with Crippen LogP contribution in [0.5, 0.6) is 0 Å². The van der Waals surface area contributed by atoms with E-state index in [9.17, 15) is 4.79 Å². The van der Waals surface area contributed by atoms with Crippen LogP contribution in [-0.4, -0.2) is 86.9 Å². The summed E-state index contributed by atoms with van der Waals surface area (Å²) in [6, 6.07) is 0. The molecule has 0 aromatic carbocycles. The highest BCUT2D eigenvalue weighted by Crippen LogP contribution is 2.16. The van der Waals surface area contributed by atoms with Gasteiger partial charge < -0.3 is 24.8 Å². The summed E-state index contributed by atoms with van der Waals surface area (Å²) >= 11 is 0. The number of hydrogen-bond acceptors (Lipinski definition) is 6. The van der Waals surface area contributed by atoms with Gasteiger partial charge in [0, 0.05) is 45.7 Å². The Labute approximate surface area is 173 Å². The highest BCUT2D eigenvalue weighted by molar-refractivity contribution is 5.86. The topological polar surface area (TPSA) is 95.2 Å². The van der Waals surface area contributed by atoms with Gasteiger partial charge in [0.15, 0.2) is 5.96 Å². The highest BCUT2D eigenvalue weighted by atomic mass is 16.5. The fraction of sp³-hybridized carbons (Fsp3) is 0.750. The Morgan fingerprint density at radius 2 is 1.97 bits per heavy atom. The van der Waals surface area contributed by atoms with Crippen molar-refractivity contribution < 1.29 is 14.1 Å². The third-order valence-corrected chi connectivity index (χ3v) is 4.96. The molecule has 1 aliphatic rings. The second-order valence-electron chi connectivity index (χ2n) is 7.28. The lowest BCUT2D eigenvalue weighted by atomic mass is 10.1. The first kappa shape index (κ1) is 23.2. The van der Waals surface area contributed by atoms with Crippen LogP contribution >= 0.6 is 0 Å². The SMILES string of the molecule is CCc1noc(CC)c1CN=C(NCCCN1CCOCC1)NCC(=O)N(C)C. The predicted molar refractivity (Wildman–Crippen MR) is 113 cm³/mol. The molecule has 0 bridgehead atoms. The minimum atomic E-state index is 0.00119. The van der Waals surface area contributed by atoms with Crippen LogP contribution in [-0.2, 0) is 28.9 Å². The van der Waals surface area contributed by atoms with Crippen LogP contribution in [0.25, 0.3) is 0 Å². The zero-order chi connectivity index (χ0) is 21.1. The molecule has 0 spiro atoms. The summed E-state index contributed by atoms with van der Waals surface area (Å²) in [5.74, 6) is 1.51. The molecule has 2 N–H and O–H groups in total. The largest absolute Gasteiger partial charge is 0.379 e. The number of nitrogens with zero attached hydrogens (tertiary/aromatic N) is 4. The summed E-state index contributed by atoms with van der Waals surface area (Å²) in [5, 5.41) is 10.6. The van der Waals surface area contributed by atoms with Gasteiger partial charge in [-0.3, -0.25) is 9.69 Å². The predicted octanol–water partition coefficient (Wildman–Crippen LogP) is 0.645. The number of aliphatic imine (C=N–C) groups is 1. The molecular weight excluding hydrogens is 372 g/mol. The molecule has 1 fully saturated rings. The molecule has 1 amide bonds. The van der Waals surface area contributed by atoms with E-state index in [1.165, 1.54) is 0 Å². The number of aromatic nitrogens is 1. The fourth-order valence-corrected chi connectivity index (χ4v) is 3.10. The monoisotopic (exact) mass is 408 g/mol. The smallest absolute Gasteiger partial charge is 0.241 e. The number of carbonyl (C=O) groups excluding carboxylic acids is 1. The summed E-state index contributed by atoms with van der Waals surface area (Å²) in [4.78, 5) is 20.6. The number of morpholine rings is 1. The number of aryl methyl sites for hydroxylation is 2.